The smallest absolute Gasteiger partial charge is 0.251 e. The van der Waals surface area contributed by atoms with Crippen molar-refractivity contribution in [3.63, 3.8) is 0 Å². The fraction of sp³-hybridized carbons (Fsp3) is 0.316. The third kappa shape index (κ3) is 5.14. The van der Waals surface area contributed by atoms with E-state index in [1.54, 1.807) is 6.07 Å². The van der Waals surface area contributed by atoms with Crippen molar-refractivity contribution < 1.29 is 13.2 Å². The zero-order valence-corrected chi connectivity index (χ0v) is 15.6. The Bertz CT molecular complexity index is 820. The van der Waals surface area contributed by atoms with Crippen LogP contribution in [0.25, 0.3) is 0 Å². The monoisotopic (exact) mass is 360 g/mol. The molecular weight excluding hydrogens is 336 g/mol. The Hall–Kier alpha value is -2.18. The highest BCUT2D eigenvalue weighted by Gasteiger charge is 2.24. The van der Waals surface area contributed by atoms with Crippen LogP contribution in [-0.4, -0.2) is 38.0 Å². The van der Waals surface area contributed by atoms with Crippen LogP contribution >= 0.6 is 0 Å². The molecule has 2 aromatic carbocycles. The molecule has 0 bridgehead atoms. The zero-order chi connectivity index (χ0) is 18.4. The number of rotatable bonds is 7. The van der Waals surface area contributed by atoms with Crippen molar-refractivity contribution in [1.82, 2.24) is 9.62 Å². The molecule has 0 aliphatic heterocycles. The van der Waals surface area contributed by atoms with Crippen molar-refractivity contribution in [3.05, 3.63) is 71.3 Å². The van der Waals surface area contributed by atoms with Crippen LogP contribution in [0, 0.1) is 6.92 Å². The van der Waals surface area contributed by atoms with Crippen molar-refractivity contribution in [2.24, 2.45) is 0 Å². The van der Waals surface area contributed by atoms with E-state index in [0.717, 1.165) is 11.1 Å². The van der Waals surface area contributed by atoms with Gasteiger partial charge in [0.25, 0.3) is 5.91 Å². The Labute approximate surface area is 149 Å². The Morgan fingerprint density at radius 3 is 2.28 bits per heavy atom. The van der Waals surface area contributed by atoms with E-state index in [4.69, 9.17) is 0 Å². The molecule has 1 unspecified atom stereocenters. The number of carbonyl (C=O) groups is 1. The summed E-state index contributed by atoms with van der Waals surface area (Å²) < 4.78 is 25.7. The lowest BCUT2D eigenvalue weighted by Gasteiger charge is -2.27. The number of aryl methyl sites for hydroxylation is 1. The van der Waals surface area contributed by atoms with Crippen molar-refractivity contribution in [2.45, 2.75) is 19.9 Å². The number of carbonyl (C=O) groups excluding carboxylic acids is 1. The number of benzene rings is 2. The molecule has 134 valence electrons. The largest absolute Gasteiger partial charge is 0.351 e. The molecule has 1 atom stereocenters. The van der Waals surface area contributed by atoms with E-state index < -0.39 is 10.0 Å². The van der Waals surface area contributed by atoms with E-state index in [2.05, 4.69) is 5.32 Å². The van der Waals surface area contributed by atoms with Crippen molar-refractivity contribution >= 4 is 15.9 Å². The van der Waals surface area contributed by atoms with Gasteiger partial charge in [0, 0.05) is 24.7 Å². The molecule has 2 rings (SSSR count). The molecule has 0 heterocycles. The molecule has 1 N–H and O–H groups in total. The van der Waals surface area contributed by atoms with E-state index >= 15 is 0 Å². The minimum atomic E-state index is -3.40. The van der Waals surface area contributed by atoms with Gasteiger partial charge in [-0.1, -0.05) is 48.5 Å². The van der Waals surface area contributed by atoms with Gasteiger partial charge in [-0.2, -0.15) is 4.31 Å². The average molecular weight is 360 g/mol. The molecule has 5 nitrogen and oxygen atoms in total. The first-order valence-electron chi connectivity index (χ1n) is 8.16. The SMILES string of the molecule is Cc1ccccc1C(=O)NCCN(C(C)c1ccccc1)S(C)(=O)=O. The number of nitrogens with zero attached hydrogens (tertiary/aromatic N) is 1. The third-order valence-electron chi connectivity index (χ3n) is 4.15. The molecular formula is C19H24N2O3S. The average Bonchev–Trinajstić information content (AvgIpc) is 2.58. The topological polar surface area (TPSA) is 66.5 Å². The third-order valence-corrected chi connectivity index (χ3v) is 5.50. The molecule has 2 aromatic rings. The fourth-order valence-corrected chi connectivity index (χ4v) is 3.87. The lowest BCUT2D eigenvalue weighted by atomic mass is 10.1. The van der Waals surface area contributed by atoms with Crippen LogP contribution in [0.15, 0.2) is 54.6 Å². The summed E-state index contributed by atoms with van der Waals surface area (Å²) in [4.78, 5) is 12.3. The zero-order valence-electron chi connectivity index (χ0n) is 14.8. The van der Waals surface area contributed by atoms with Crippen molar-refractivity contribution in [1.29, 1.82) is 0 Å². The maximum Gasteiger partial charge on any atom is 0.251 e. The summed E-state index contributed by atoms with van der Waals surface area (Å²) in [5, 5.41) is 2.80. The lowest BCUT2D eigenvalue weighted by molar-refractivity contribution is 0.0950. The molecule has 0 radical (unpaired) electrons. The van der Waals surface area contributed by atoms with Crippen molar-refractivity contribution in [3.8, 4) is 0 Å². The fourth-order valence-electron chi connectivity index (χ4n) is 2.75. The van der Waals surface area contributed by atoms with Gasteiger partial charge in [-0.25, -0.2) is 8.42 Å². The predicted octanol–water partition coefficient (Wildman–Crippen LogP) is 2.75. The molecule has 0 aliphatic carbocycles. The minimum Gasteiger partial charge on any atom is -0.351 e. The Morgan fingerprint density at radius 2 is 1.68 bits per heavy atom. The van der Waals surface area contributed by atoms with E-state index in [0.29, 0.717) is 5.56 Å². The van der Waals surface area contributed by atoms with Crippen LogP contribution in [0.5, 0.6) is 0 Å². The van der Waals surface area contributed by atoms with Gasteiger partial charge in [-0.05, 0) is 31.0 Å². The second kappa shape index (κ2) is 8.27. The summed E-state index contributed by atoms with van der Waals surface area (Å²) in [6.45, 7) is 4.18. The van der Waals surface area contributed by atoms with E-state index in [1.165, 1.54) is 10.6 Å². The van der Waals surface area contributed by atoms with Crippen LogP contribution in [0.2, 0.25) is 0 Å². The van der Waals surface area contributed by atoms with E-state index in [1.807, 2.05) is 62.4 Å². The number of sulfonamides is 1. The van der Waals surface area contributed by atoms with Crippen molar-refractivity contribution in [2.75, 3.05) is 19.3 Å². The van der Waals surface area contributed by atoms with E-state index in [-0.39, 0.29) is 25.0 Å². The molecule has 0 saturated carbocycles. The normalized spacial score (nSPS) is 12.8. The van der Waals surface area contributed by atoms with Gasteiger partial charge in [-0.3, -0.25) is 4.79 Å². The number of nitrogens with one attached hydrogen (secondary N) is 1. The summed E-state index contributed by atoms with van der Waals surface area (Å²) in [7, 11) is -3.40. The Kier molecular flexibility index (Phi) is 6.33. The molecule has 25 heavy (non-hydrogen) atoms. The lowest BCUT2D eigenvalue weighted by Crippen LogP contribution is -2.39. The second-order valence-corrected chi connectivity index (χ2v) is 7.97. The summed E-state index contributed by atoms with van der Waals surface area (Å²) in [6.07, 6.45) is 1.19. The van der Waals surface area contributed by atoms with Crippen LogP contribution in [-0.2, 0) is 10.0 Å². The summed E-state index contributed by atoms with van der Waals surface area (Å²) in [5.41, 5.74) is 2.40. The van der Waals surface area contributed by atoms with Gasteiger partial charge in [0.15, 0.2) is 0 Å². The van der Waals surface area contributed by atoms with Crippen LogP contribution in [0.4, 0.5) is 0 Å². The highest BCUT2D eigenvalue weighted by atomic mass is 32.2. The first kappa shape index (κ1) is 19.1. The number of amides is 1. The van der Waals surface area contributed by atoms with E-state index in [9.17, 15) is 13.2 Å². The number of hydrogen-bond donors (Lipinski definition) is 1. The molecule has 0 saturated heterocycles. The van der Waals surface area contributed by atoms with Gasteiger partial charge < -0.3 is 5.32 Å². The molecule has 0 fully saturated rings. The Balaban J connectivity index is 2.04. The molecule has 0 aliphatic rings. The molecule has 0 aromatic heterocycles. The molecule has 0 spiro atoms. The number of hydrogen-bond acceptors (Lipinski definition) is 3. The maximum atomic E-state index is 12.3. The highest BCUT2D eigenvalue weighted by molar-refractivity contribution is 7.88. The van der Waals surface area contributed by atoms with Crippen LogP contribution in [0.3, 0.4) is 0 Å². The van der Waals surface area contributed by atoms with Crippen LogP contribution < -0.4 is 5.32 Å². The van der Waals surface area contributed by atoms with Gasteiger partial charge in [-0.15, -0.1) is 0 Å². The predicted molar refractivity (Wildman–Crippen MR) is 99.9 cm³/mol. The summed E-state index contributed by atoms with van der Waals surface area (Å²) >= 11 is 0. The molecule has 1 amide bonds. The maximum absolute atomic E-state index is 12.3. The minimum absolute atomic E-state index is 0.195. The Morgan fingerprint density at radius 1 is 1.08 bits per heavy atom. The summed E-state index contributed by atoms with van der Waals surface area (Å²) in [6, 6.07) is 16.5. The first-order valence-corrected chi connectivity index (χ1v) is 10.0. The standard InChI is InChI=1S/C19H24N2O3S/c1-15-9-7-8-12-18(15)19(22)20-13-14-21(25(3,23)24)16(2)17-10-5-4-6-11-17/h4-12,16H,13-14H2,1-3H3,(H,20,22). The van der Waals surface area contributed by atoms with Crippen LogP contribution in [0.1, 0.15) is 34.5 Å². The van der Waals surface area contributed by atoms with Gasteiger partial charge >= 0.3 is 0 Å². The highest BCUT2D eigenvalue weighted by Crippen LogP contribution is 2.22. The quantitative estimate of drug-likeness (QED) is 0.826. The van der Waals surface area contributed by atoms with Gasteiger partial charge in [0.2, 0.25) is 10.0 Å². The second-order valence-electron chi connectivity index (χ2n) is 6.03. The molecule has 6 heteroatoms. The first-order chi connectivity index (χ1) is 11.8. The summed E-state index contributed by atoms with van der Waals surface area (Å²) in [5.74, 6) is -0.195. The van der Waals surface area contributed by atoms with Gasteiger partial charge in [0.05, 0.1) is 6.26 Å². The van der Waals surface area contributed by atoms with Gasteiger partial charge in [0.1, 0.15) is 0 Å².